The van der Waals surface area contributed by atoms with Crippen molar-refractivity contribution in [2.24, 2.45) is 11.8 Å². The summed E-state index contributed by atoms with van der Waals surface area (Å²) in [6.45, 7) is 0. The number of hydrogen-bond acceptors (Lipinski definition) is 1. The Kier molecular flexibility index (Phi) is 1.72. The second-order valence-electron chi connectivity index (χ2n) is 5.33. The molecule has 0 amide bonds. The molecule has 17 heavy (non-hydrogen) atoms. The van der Waals surface area contributed by atoms with E-state index in [4.69, 9.17) is 0 Å². The first-order valence-electron chi connectivity index (χ1n) is 6.05. The first-order chi connectivity index (χ1) is 8.20. The summed E-state index contributed by atoms with van der Waals surface area (Å²) in [7, 11) is 0. The fourth-order valence-electron chi connectivity index (χ4n) is 3.16. The van der Waals surface area contributed by atoms with Gasteiger partial charge in [-0.05, 0) is 31.1 Å². The van der Waals surface area contributed by atoms with Gasteiger partial charge in [0.05, 0.1) is 11.0 Å². The lowest BCUT2D eigenvalue weighted by Crippen LogP contribution is -1.97. The van der Waals surface area contributed by atoms with Crippen LogP contribution in [0.15, 0.2) is 12.1 Å². The fourth-order valence-corrected chi connectivity index (χ4v) is 3.16. The summed E-state index contributed by atoms with van der Waals surface area (Å²) in [6, 6.07) is 2.36. The van der Waals surface area contributed by atoms with Crippen LogP contribution in [0, 0.1) is 23.5 Å². The van der Waals surface area contributed by atoms with Gasteiger partial charge in [-0.15, -0.1) is 0 Å². The molecule has 0 radical (unpaired) electrons. The summed E-state index contributed by atoms with van der Waals surface area (Å²) in [6.07, 6.45) is 3.71. The second kappa shape index (κ2) is 3.06. The first-order valence-corrected chi connectivity index (χ1v) is 6.05. The van der Waals surface area contributed by atoms with Crippen molar-refractivity contribution in [3.8, 4) is 0 Å². The zero-order chi connectivity index (χ0) is 11.6. The van der Waals surface area contributed by atoms with Gasteiger partial charge in [-0.1, -0.05) is 0 Å². The number of H-pyrrole nitrogens is 1. The van der Waals surface area contributed by atoms with Gasteiger partial charge < -0.3 is 4.98 Å². The van der Waals surface area contributed by atoms with E-state index in [2.05, 4.69) is 9.97 Å². The molecule has 2 aliphatic rings. The predicted octanol–water partition coefficient (Wildman–Crippen LogP) is 3.35. The number of benzene rings is 1. The molecule has 88 valence electrons. The van der Waals surface area contributed by atoms with Gasteiger partial charge >= 0.3 is 0 Å². The monoisotopic (exact) mass is 234 g/mol. The molecule has 2 aromatic rings. The average Bonchev–Trinajstić information content (AvgIpc) is 2.74. The van der Waals surface area contributed by atoms with Crippen molar-refractivity contribution < 1.29 is 8.78 Å². The molecule has 0 aliphatic heterocycles. The van der Waals surface area contributed by atoms with Crippen LogP contribution in [0.1, 0.15) is 31.0 Å². The molecule has 2 atom stereocenters. The van der Waals surface area contributed by atoms with Gasteiger partial charge in [-0.2, -0.15) is 0 Å². The van der Waals surface area contributed by atoms with Crippen LogP contribution in [-0.2, 0) is 0 Å². The van der Waals surface area contributed by atoms with Crippen LogP contribution in [-0.4, -0.2) is 9.97 Å². The van der Waals surface area contributed by atoms with Crippen molar-refractivity contribution in [3.05, 3.63) is 29.6 Å². The van der Waals surface area contributed by atoms with Crippen LogP contribution in [0.4, 0.5) is 8.78 Å². The van der Waals surface area contributed by atoms with Crippen molar-refractivity contribution in [1.29, 1.82) is 0 Å². The largest absolute Gasteiger partial charge is 0.342 e. The molecule has 2 unspecified atom stereocenters. The fraction of sp³-hybridized carbons (Fsp3) is 0.462. The van der Waals surface area contributed by atoms with Crippen molar-refractivity contribution in [3.63, 3.8) is 0 Å². The molecule has 2 aliphatic carbocycles. The molecule has 2 nitrogen and oxygen atoms in total. The Morgan fingerprint density at radius 3 is 2.53 bits per heavy atom. The van der Waals surface area contributed by atoms with Crippen molar-refractivity contribution in [2.75, 3.05) is 0 Å². The molecule has 2 saturated carbocycles. The van der Waals surface area contributed by atoms with Crippen LogP contribution in [0.5, 0.6) is 0 Å². The normalized spacial score (nSPS) is 30.8. The number of nitrogens with one attached hydrogen (secondary N) is 1. The summed E-state index contributed by atoms with van der Waals surface area (Å²) >= 11 is 0. The lowest BCUT2D eigenvalue weighted by Gasteiger charge is -2.06. The molecule has 4 rings (SSSR count). The second-order valence-corrected chi connectivity index (χ2v) is 5.33. The number of rotatable bonds is 1. The molecule has 0 spiro atoms. The van der Waals surface area contributed by atoms with E-state index < -0.39 is 11.6 Å². The minimum Gasteiger partial charge on any atom is -0.342 e. The number of nitrogens with zero attached hydrogens (tertiary/aromatic N) is 1. The van der Waals surface area contributed by atoms with Crippen LogP contribution in [0.25, 0.3) is 11.0 Å². The van der Waals surface area contributed by atoms with Crippen LogP contribution >= 0.6 is 0 Å². The van der Waals surface area contributed by atoms with Gasteiger partial charge in [0.1, 0.15) is 5.82 Å². The molecule has 1 aromatic heterocycles. The third kappa shape index (κ3) is 1.39. The molecular formula is C13H12F2N2. The smallest absolute Gasteiger partial charge is 0.161 e. The molecule has 4 heteroatoms. The highest BCUT2D eigenvalue weighted by Crippen LogP contribution is 2.57. The van der Waals surface area contributed by atoms with Crippen molar-refractivity contribution >= 4 is 11.0 Å². The minimum atomic E-state index is -0.829. The number of hydrogen-bond donors (Lipinski definition) is 1. The summed E-state index contributed by atoms with van der Waals surface area (Å²) in [5.41, 5.74) is 1.12. The number of fused-ring (bicyclic) bond motifs is 2. The lowest BCUT2D eigenvalue weighted by atomic mass is 10.0. The van der Waals surface area contributed by atoms with Gasteiger partial charge in [0.2, 0.25) is 0 Å². The van der Waals surface area contributed by atoms with Gasteiger partial charge in [0.25, 0.3) is 0 Å². The van der Waals surface area contributed by atoms with Crippen LogP contribution < -0.4 is 0 Å². The molecule has 0 bridgehead atoms. The molecular weight excluding hydrogens is 222 g/mol. The highest BCUT2D eigenvalue weighted by atomic mass is 19.2. The zero-order valence-corrected chi connectivity index (χ0v) is 9.21. The minimum absolute atomic E-state index is 0.456. The Morgan fingerprint density at radius 1 is 1.06 bits per heavy atom. The van der Waals surface area contributed by atoms with E-state index in [-0.39, 0.29) is 0 Å². The molecule has 1 aromatic carbocycles. The maximum absolute atomic E-state index is 13.1. The van der Waals surface area contributed by atoms with E-state index in [0.717, 1.165) is 17.7 Å². The van der Waals surface area contributed by atoms with Gasteiger partial charge in [0, 0.05) is 18.1 Å². The Morgan fingerprint density at radius 2 is 1.76 bits per heavy atom. The van der Waals surface area contributed by atoms with Crippen molar-refractivity contribution in [1.82, 2.24) is 9.97 Å². The molecule has 1 heterocycles. The maximum atomic E-state index is 13.1. The Labute approximate surface area is 97.1 Å². The van der Waals surface area contributed by atoms with E-state index in [1.807, 2.05) is 0 Å². The van der Waals surface area contributed by atoms with E-state index >= 15 is 0 Å². The number of aromatic nitrogens is 2. The maximum Gasteiger partial charge on any atom is 0.161 e. The van der Waals surface area contributed by atoms with Crippen molar-refractivity contribution in [2.45, 2.75) is 25.2 Å². The molecule has 2 fully saturated rings. The summed E-state index contributed by atoms with van der Waals surface area (Å²) in [5, 5.41) is 0. The van der Waals surface area contributed by atoms with E-state index in [0.29, 0.717) is 17.0 Å². The van der Waals surface area contributed by atoms with Crippen LogP contribution in [0.2, 0.25) is 0 Å². The number of imidazole rings is 1. The highest BCUT2D eigenvalue weighted by Gasteiger charge is 2.46. The van der Waals surface area contributed by atoms with E-state index in [1.165, 1.54) is 31.4 Å². The Balaban J connectivity index is 1.76. The highest BCUT2D eigenvalue weighted by molar-refractivity contribution is 5.75. The SMILES string of the molecule is Fc1cc2nc(C3CC4CC4C3)[nH]c2cc1F. The molecule has 1 N–H and O–H groups in total. The van der Waals surface area contributed by atoms with Gasteiger partial charge in [-0.3, -0.25) is 0 Å². The number of halogens is 2. The predicted molar refractivity (Wildman–Crippen MR) is 59.6 cm³/mol. The number of aromatic amines is 1. The molecule has 0 saturated heterocycles. The van der Waals surface area contributed by atoms with Gasteiger partial charge in [0.15, 0.2) is 11.6 Å². The van der Waals surface area contributed by atoms with Crippen LogP contribution in [0.3, 0.4) is 0 Å². The topological polar surface area (TPSA) is 28.7 Å². The third-order valence-electron chi connectivity index (χ3n) is 4.17. The first kappa shape index (κ1) is 9.57. The quantitative estimate of drug-likeness (QED) is 0.805. The summed E-state index contributed by atoms with van der Waals surface area (Å²) in [4.78, 5) is 7.52. The Hall–Kier alpha value is -1.45. The van der Waals surface area contributed by atoms with E-state index in [1.54, 1.807) is 0 Å². The average molecular weight is 234 g/mol. The van der Waals surface area contributed by atoms with Gasteiger partial charge in [-0.25, -0.2) is 13.8 Å². The van der Waals surface area contributed by atoms with E-state index in [9.17, 15) is 8.78 Å². The summed E-state index contributed by atoms with van der Waals surface area (Å²) < 4.78 is 26.2. The zero-order valence-electron chi connectivity index (χ0n) is 9.21. The Bertz CT molecular complexity index is 556. The summed E-state index contributed by atoms with van der Waals surface area (Å²) in [5.74, 6) is 1.46. The third-order valence-corrected chi connectivity index (χ3v) is 4.17. The lowest BCUT2D eigenvalue weighted by molar-refractivity contribution is 0.510. The standard InChI is InChI=1S/C13H12F2N2/c14-9-4-11-12(5-10(9)15)17-13(16-11)8-2-6-1-7(6)3-8/h4-8H,1-3H2,(H,16,17).